The van der Waals surface area contributed by atoms with E-state index >= 15 is 0 Å². The standard InChI is InChI=1S/C21H28BrFO2/c1-2-3-15-4-6-16(7-5-15)8-9-17-13-24-21(25-14-17)18-10-11-19(22)20(23)12-18/h2,10-12,15-17,21H,1,3-9,13-14H2. The minimum atomic E-state index is -0.437. The van der Waals surface area contributed by atoms with Gasteiger partial charge in [-0.25, -0.2) is 4.39 Å². The number of rotatable bonds is 6. The molecule has 0 spiro atoms. The summed E-state index contributed by atoms with van der Waals surface area (Å²) in [7, 11) is 0. The molecule has 1 saturated heterocycles. The second-order valence-corrected chi connectivity index (χ2v) is 8.38. The Hall–Kier alpha value is -0.710. The predicted molar refractivity (Wildman–Crippen MR) is 102 cm³/mol. The van der Waals surface area contributed by atoms with Crippen LogP contribution in [-0.2, 0) is 9.47 Å². The van der Waals surface area contributed by atoms with E-state index in [0.717, 1.165) is 23.8 Å². The van der Waals surface area contributed by atoms with E-state index in [0.29, 0.717) is 23.6 Å². The van der Waals surface area contributed by atoms with Crippen LogP contribution >= 0.6 is 15.9 Å². The van der Waals surface area contributed by atoms with Crippen LogP contribution in [0, 0.1) is 23.6 Å². The van der Waals surface area contributed by atoms with E-state index < -0.39 is 6.29 Å². The Labute approximate surface area is 158 Å². The summed E-state index contributed by atoms with van der Waals surface area (Å²) in [5.74, 6) is 1.91. The normalized spacial score (nSPS) is 30.2. The second-order valence-electron chi connectivity index (χ2n) is 7.53. The summed E-state index contributed by atoms with van der Waals surface area (Å²) in [5.41, 5.74) is 0.750. The van der Waals surface area contributed by atoms with Crippen LogP contribution < -0.4 is 0 Å². The van der Waals surface area contributed by atoms with Crippen LogP contribution in [0.25, 0.3) is 0 Å². The van der Waals surface area contributed by atoms with Gasteiger partial charge in [-0.15, -0.1) is 6.58 Å². The first-order valence-electron chi connectivity index (χ1n) is 9.44. The molecule has 1 aromatic rings. The van der Waals surface area contributed by atoms with Crippen molar-refractivity contribution in [3.05, 3.63) is 46.7 Å². The number of hydrogen-bond donors (Lipinski definition) is 0. The van der Waals surface area contributed by atoms with Crippen molar-refractivity contribution in [2.75, 3.05) is 13.2 Å². The third-order valence-corrected chi connectivity index (χ3v) is 6.28. The molecule has 1 saturated carbocycles. The number of ether oxygens (including phenoxy) is 2. The molecule has 2 nitrogen and oxygen atoms in total. The molecule has 1 aromatic carbocycles. The lowest BCUT2D eigenvalue weighted by molar-refractivity contribution is -0.206. The third-order valence-electron chi connectivity index (χ3n) is 5.63. The van der Waals surface area contributed by atoms with Crippen molar-refractivity contribution in [3.8, 4) is 0 Å². The molecule has 4 heteroatoms. The fourth-order valence-corrected chi connectivity index (χ4v) is 4.27. The van der Waals surface area contributed by atoms with Crippen LogP contribution in [0.4, 0.5) is 4.39 Å². The lowest BCUT2D eigenvalue weighted by Crippen LogP contribution is -2.28. The highest BCUT2D eigenvalue weighted by Crippen LogP contribution is 2.35. The molecular weight excluding hydrogens is 383 g/mol. The summed E-state index contributed by atoms with van der Waals surface area (Å²) < 4.78 is 25.8. The molecule has 3 rings (SSSR count). The molecule has 0 radical (unpaired) electrons. The van der Waals surface area contributed by atoms with Crippen molar-refractivity contribution < 1.29 is 13.9 Å². The van der Waals surface area contributed by atoms with Gasteiger partial charge in [-0.3, -0.25) is 0 Å². The lowest BCUT2D eigenvalue weighted by atomic mass is 9.78. The molecule has 1 heterocycles. The van der Waals surface area contributed by atoms with Gasteiger partial charge in [0.25, 0.3) is 0 Å². The van der Waals surface area contributed by atoms with Crippen molar-refractivity contribution in [2.24, 2.45) is 17.8 Å². The maximum Gasteiger partial charge on any atom is 0.183 e. The molecular formula is C21H28BrFO2. The SMILES string of the molecule is C=CCC1CCC(CCC2COC(c3ccc(Br)c(F)c3)OC2)CC1. The van der Waals surface area contributed by atoms with E-state index in [1.807, 2.05) is 6.07 Å². The van der Waals surface area contributed by atoms with Gasteiger partial charge >= 0.3 is 0 Å². The van der Waals surface area contributed by atoms with Crippen molar-refractivity contribution >= 4 is 15.9 Å². The maximum atomic E-state index is 13.6. The number of halogens is 2. The first kappa shape index (κ1) is 19.1. The first-order valence-corrected chi connectivity index (χ1v) is 10.2. The lowest BCUT2D eigenvalue weighted by Gasteiger charge is -2.32. The summed E-state index contributed by atoms with van der Waals surface area (Å²) >= 11 is 3.17. The number of hydrogen-bond acceptors (Lipinski definition) is 2. The van der Waals surface area contributed by atoms with Crippen molar-refractivity contribution in [2.45, 2.75) is 51.2 Å². The zero-order chi connectivity index (χ0) is 17.6. The summed E-state index contributed by atoms with van der Waals surface area (Å²) in [6.07, 6.45) is 10.7. The molecule has 2 aliphatic rings. The van der Waals surface area contributed by atoms with E-state index in [2.05, 4.69) is 28.6 Å². The topological polar surface area (TPSA) is 18.5 Å². The smallest absolute Gasteiger partial charge is 0.183 e. The van der Waals surface area contributed by atoms with Crippen molar-refractivity contribution in [1.82, 2.24) is 0 Å². The van der Waals surface area contributed by atoms with Gasteiger partial charge in [-0.05, 0) is 65.6 Å². The monoisotopic (exact) mass is 410 g/mol. The summed E-state index contributed by atoms with van der Waals surface area (Å²) in [5, 5.41) is 0. The summed E-state index contributed by atoms with van der Waals surface area (Å²) in [4.78, 5) is 0. The van der Waals surface area contributed by atoms with Gasteiger partial charge in [0.1, 0.15) is 5.82 Å². The minimum Gasteiger partial charge on any atom is -0.348 e. The van der Waals surface area contributed by atoms with Gasteiger partial charge in [-0.2, -0.15) is 0 Å². The van der Waals surface area contributed by atoms with Crippen LogP contribution in [0.5, 0.6) is 0 Å². The Morgan fingerprint density at radius 1 is 1.04 bits per heavy atom. The van der Waals surface area contributed by atoms with Gasteiger partial charge in [0.2, 0.25) is 0 Å². The largest absolute Gasteiger partial charge is 0.348 e. The fraction of sp³-hybridized carbons (Fsp3) is 0.619. The Balaban J connectivity index is 1.38. The highest BCUT2D eigenvalue weighted by atomic mass is 79.9. The quantitative estimate of drug-likeness (QED) is 0.504. The van der Waals surface area contributed by atoms with Crippen LogP contribution in [0.1, 0.15) is 56.8 Å². The van der Waals surface area contributed by atoms with Gasteiger partial charge in [-0.1, -0.05) is 31.4 Å². The Morgan fingerprint density at radius 3 is 2.32 bits per heavy atom. The Morgan fingerprint density at radius 2 is 1.68 bits per heavy atom. The maximum absolute atomic E-state index is 13.6. The van der Waals surface area contributed by atoms with Gasteiger partial charge in [0.15, 0.2) is 6.29 Å². The van der Waals surface area contributed by atoms with E-state index in [1.165, 1.54) is 44.6 Å². The van der Waals surface area contributed by atoms with Crippen LogP contribution in [-0.4, -0.2) is 13.2 Å². The first-order chi connectivity index (χ1) is 12.2. The highest BCUT2D eigenvalue weighted by Gasteiger charge is 2.26. The average Bonchev–Trinajstić information content (AvgIpc) is 2.64. The van der Waals surface area contributed by atoms with Crippen LogP contribution in [0.15, 0.2) is 35.3 Å². The zero-order valence-electron chi connectivity index (χ0n) is 14.8. The second kappa shape index (κ2) is 9.29. The van der Waals surface area contributed by atoms with Crippen LogP contribution in [0.2, 0.25) is 0 Å². The molecule has 0 amide bonds. The minimum absolute atomic E-state index is 0.279. The molecule has 138 valence electrons. The molecule has 1 aliphatic heterocycles. The van der Waals surface area contributed by atoms with Gasteiger partial charge in [0, 0.05) is 11.5 Å². The predicted octanol–water partition coefficient (Wildman–Crippen LogP) is 6.41. The number of benzene rings is 1. The summed E-state index contributed by atoms with van der Waals surface area (Å²) in [6.45, 7) is 5.26. The molecule has 1 aliphatic carbocycles. The molecule has 0 aromatic heterocycles. The van der Waals surface area contributed by atoms with E-state index in [9.17, 15) is 4.39 Å². The summed E-state index contributed by atoms with van der Waals surface area (Å²) in [6, 6.07) is 5.03. The molecule has 0 unspecified atom stereocenters. The third kappa shape index (κ3) is 5.38. The zero-order valence-corrected chi connectivity index (χ0v) is 16.3. The molecule has 2 fully saturated rings. The Kier molecular flexibility index (Phi) is 7.08. The number of allylic oxidation sites excluding steroid dienone is 1. The van der Waals surface area contributed by atoms with Gasteiger partial charge in [0.05, 0.1) is 17.7 Å². The van der Waals surface area contributed by atoms with E-state index in [-0.39, 0.29) is 5.82 Å². The van der Waals surface area contributed by atoms with E-state index in [4.69, 9.17) is 9.47 Å². The Bertz CT molecular complexity index is 561. The molecule has 0 bridgehead atoms. The van der Waals surface area contributed by atoms with Gasteiger partial charge < -0.3 is 9.47 Å². The fourth-order valence-electron chi connectivity index (χ4n) is 4.02. The molecule has 0 atom stereocenters. The molecule has 25 heavy (non-hydrogen) atoms. The van der Waals surface area contributed by atoms with Crippen molar-refractivity contribution in [3.63, 3.8) is 0 Å². The van der Waals surface area contributed by atoms with Crippen LogP contribution in [0.3, 0.4) is 0 Å². The van der Waals surface area contributed by atoms with Crippen molar-refractivity contribution in [1.29, 1.82) is 0 Å². The average molecular weight is 411 g/mol. The van der Waals surface area contributed by atoms with E-state index in [1.54, 1.807) is 6.07 Å². The molecule has 0 N–H and O–H groups in total. The highest BCUT2D eigenvalue weighted by molar-refractivity contribution is 9.10.